The number of aldehydes is 1. The summed E-state index contributed by atoms with van der Waals surface area (Å²) in [7, 11) is 0. The molecular formula is C20H9Cl2F4N3O2. The van der Waals surface area contributed by atoms with E-state index in [1.165, 1.54) is 36.4 Å². The van der Waals surface area contributed by atoms with Crippen molar-refractivity contribution in [1.82, 2.24) is 14.9 Å². The molecule has 4 rings (SSSR count). The minimum Gasteiger partial charge on any atom is -0.355 e. The molecule has 0 radical (unpaired) electrons. The lowest BCUT2D eigenvalue weighted by atomic mass is 10.0. The van der Waals surface area contributed by atoms with Crippen molar-refractivity contribution in [3.8, 4) is 28.3 Å². The quantitative estimate of drug-likeness (QED) is 0.253. The van der Waals surface area contributed by atoms with E-state index in [0.29, 0.717) is 4.68 Å². The number of rotatable bonds is 4. The Hall–Kier alpha value is -3.17. The number of aromatic nitrogens is 3. The highest BCUT2D eigenvalue weighted by Crippen LogP contribution is 2.42. The molecule has 0 atom stereocenters. The predicted molar refractivity (Wildman–Crippen MR) is 105 cm³/mol. The summed E-state index contributed by atoms with van der Waals surface area (Å²) in [5.74, 6) is -1.34. The van der Waals surface area contributed by atoms with Crippen LogP contribution in [0.5, 0.6) is 0 Å². The van der Waals surface area contributed by atoms with Crippen molar-refractivity contribution < 1.29 is 26.9 Å². The van der Waals surface area contributed by atoms with Crippen LogP contribution in [0, 0.1) is 5.82 Å². The van der Waals surface area contributed by atoms with Crippen LogP contribution in [0.4, 0.5) is 17.6 Å². The molecule has 0 amide bonds. The Kier molecular flexibility index (Phi) is 5.32. The van der Waals surface area contributed by atoms with Gasteiger partial charge < -0.3 is 4.52 Å². The topological polar surface area (TPSA) is 60.9 Å². The first-order chi connectivity index (χ1) is 14.7. The highest BCUT2D eigenvalue weighted by atomic mass is 35.5. The molecule has 0 unspecified atom stereocenters. The highest BCUT2D eigenvalue weighted by molar-refractivity contribution is 6.33. The van der Waals surface area contributed by atoms with Crippen molar-refractivity contribution in [3.05, 3.63) is 75.8 Å². The molecule has 0 spiro atoms. The van der Waals surface area contributed by atoms with Crippen LogP contribution in [0.3, 0.4) is 0 Å². The van der Waals surface area contributed by atoms with Crippen LogP contribution in [-0.4, -0.2) is 21.2 Å². The number of alkyl halides is 3. The second-order valence-corrected chi connectivity index (χ2v) is 7.13. The third-order valence-corrected chi connectivity index (χ3v) is 4.93. The number of carbonyl (C=O) groups excluding carboxylic acids is 1. The van der Waals surface area contributed by atoms with Gasteiger partial charge in [0.15, 0.2) is 17.7 Å². The second-order valence-electron chi connectivity index (χ2n) is 6.28. The monoisotopic (exact) mass is 469 g/mol. The van der Waals surface area contributed by atoms with E-state index in [1.807, 2.05) is 0 Å². The summed E-state index contributed by atoms with van der Waals surface area (Å²) in [5.41, 5.74) is -2.73. The predicted octanol–water partition coefficient (Wildman–Crippen LogP) is 6.47. The number of hydrogen-bond acceptors (Lipinski definition) is 4. The SMILES string of the molecule is O=Cc1c(-c2c(F)cccc2Cl)noc1-c1cnn(-c2cccc(Cl)c2)c1C(F)(F)F. The van der Waals surface area contributed by atoms with E-state index in [4.69, 9.17) is 27.7 Å². The first kappa shape index (κ1) is 21.1. The zero-order valence-electron chi connectivity index (χ0n) is 15.1. The van der Waals surface area contributed by atoms with E-state index >= 15 is 0 Å². The molecule has 31 heavy (non-hydrogen) atoms. The molecule has 2 aromatic carbocycles. The molecule has 5 nitrogen and oxygen atoms in total. The van der Waals surface area contributed by atoms with E-state index in [-0.39, 0.29) is 33.3 Å². The zero-order chi connectivity index (χ0) is 22.3. The molecule has 0 aliphatic carbocycles. The van der Waals surface area contributed by atoms with Crippen molar-refractivity contribution in [2.45, 2.75) is 6.18 Å². The average molecular weight is 470 g/mol. The fourth-order valence-electron chi connectivity index (χ4n) is 3.10. The lowest BCUT2D eigenvalue weighted by Gasteiger charge is -2.12. The van der Waals surface area contributed by atoms with Crippen LogP contribution < -0.4 is 0 Å². The smallest absolute Gasteiger partial charge is 0.355 e. The highest BCUT2D eigenvalue weighted by Gasteiger charge is 2.41. The molecule has 0 aliphatic heterocycles. The number of hydrogen-bond donors (Lipinski definition) is 0. The summed E-state index contributed by atoms with van der Waals surface area (Å²) < 4.78 is 61.9. The van der Waals surface area contributed by atoms with Gasteiger partial charge in [-0.2, -0.15) is 18.3 Å². The lowest BCUT2D eigenvalue weighted by Crippen LogP contribution is -2.14. The number of carbonyl (C=O) groups is 1. The van der Waals surface area contributed by atoms with Crippen LogP contribution in [0.1, 0.15) is 16.1 Å². The minimum absolute atomic E-state index is 0.0376. The normalized spacial score (nSPS) is 11.7. The van der Waals surface area contributed by atoms with Gasteiger partial charge >= 0.3 is 6.18 Å². The van der Waals surface area contributed by atoms with Crippen LogP contribution in [0.15, 0.2) is 53.2 Å². The molecule has 11 heteroatoms. The van der Waals surface area contributed by atoms with Gasteiger partial charge in [0, 0.05) is 5.02 Å². The summed E-state index contributed by atoms with van der Waals surface area (Å²) >= 11 is 11.9. The van der Waals surface area contributed by atoms with Crippen LogP contribution >= 0.6 is 23.2 Å². The summed E-state index contributed by atoms with van der Waals surface area (Å²) in [4.78, 5) is 11.8. The third-order valence-electron chi connectivity index (χ3n) is 4.38. The van der Waals surface area contributed by atoms with E-state index in [9.17, 15) is 22.4 Å². The van der Waals surface area contributed by atoms with E-state index < -0.39 is 34.6 Å². The lowest BCUT2D eigenvalue weighted by molar-refractivity contribution is -0.142. The van der Waals surface area contributed by atoms with Gasteiger partial charge in [-0.1, -0.05) is 40.5 Å². The Labute approximate surface area is 181 Å². The van der Waals surface area contributed by atoms with Gasteiger partial charge in [-0.15, -0.1) is 0 Å². The first-order valence-corrected chi connectivity index (χ1v) is 9.28. The van der Waals surface area contributed by atoms with Crippen molar-refractivity contribution in [2.75, 3.05) is 0 Å². The Balaban J connectivity index is 1.96. The third kappa shape index (κ3) is 3.70. The molecule has 4 aromatic rings. The molecular weight excluding hydrogens is 461 g/mol. The molecule has 2 heterocycles. The summed E-state index contributed by atoms with van der Waals surface area (Å²) in [6.45, 7) is 0. The minimum atomic E-state index is -4.89. The largest absolute Gasteiger partial charge is 0.434 e. The Bertz CT molecular complexity index is 1280. The molecule has 0 N–H and O–H groups in total. The van der Waals surface area contributed by atoms with Gasteiger partial charge in [-0.05, 0) is 30.3 Å². The number of halogens is 6. The van der Waals surface area contributed by atoms with Crippen molar-refractivity contribution in [3.63, 3.8) is 0 Å². The van der Waals surface area contributed by atoms with Gasteiger partial charge in [0.1, 0.15) is 11.5 Å². The molecule has 0 bridgehead atoms. The molecule has 158 valence electrons. The van der Waals surface area contributed by atoms with Crippen molar-refractivity contribution in [1.29, 1.82) is 0 Å². The van der Waals surface area contributed by atoms with Crippen LogP contribution in [0.25, 0.3) is 28.3 Å². The van der Waals surface area contributed by atoms with Gasteiger partial charge in [-0.25, -0.2) is 9.07 Å². The maximum atomic E-state index is 14.3. The molecule has 0 saturated heterocycles. The second kappa shape index (κ2) is 7.82. The van der Waals surface area contributed by atoms with Gasteiger partial charge in [-0.3, -0.25) is 4.79 Å². The molecule has 0 aliphatic rings. The molecule has 0 saturated carbocycles. The maximum Gasteiger partial charge on any atom is 0.434 e. The van der Waals surface area contributed by atoms with E-state index in [2.05, 4.69) is 10.3 Å². The zero-order valence-corrected chi connectivity index (χ0v) is 16.6. The molecule has 0 fully saturated rings. The summed E-state index contributed by atoms with van der Waals surface area (Å²) in [6, 6.07) is 9.38. The molecule has 2 aromatic heterocycles. The summed E-state index contributed by atoms with van der Waals surface area (Å²) in [5, 5.41) is 7.53. The van der Waals surface area contributed by atoms with Crippen molar-refractivity contribution in [2.24, 2.45) is 0 Å². The first-order valence-electron chi connectivity index (χ1n) is 8.53. The fourth-order valence-corrected chi connectivity index (χ4v) is 3.53. The van der Waals surface area contributed by atoms with Crippen LogP contribution in [0.2, 0.25) is 10.0 Å². The fraction of sp³-hybridized carbons (Fsp3) is 0.0500. The maximum absolute atomic E-state index is 14.3. The van der Waals surface area contributed by atoms with E-state index in [1.54, 1.807) is 0 Å². The number of nitrogens with zero attached hydrogens (tertiary/aromatic N) is 3. The Morgan fingerprint density at radius 1 is 1.10 bits per heavy atom. The van der Waals surface area contributed by atoms with Gasteiger partial charge in [0.2, 0.25) is 0 Å². The number of benzene rings is 2. The Morgan fingerprint density at radius 3 is 2.48 bits per heavy atom. The standard InChI is InChI=1S/C20H9Cl2F4N3O2/c21-10-3-1-4-11(7-10)29-19(20(24,25)26)12(8-27-29)18-13(9-30)17(28-31-18)16-14(22)5-2-6-15(16)23/h1-9H. The van der Waals surface area contributed by atoms with Crippen LogP contribution in [-0.2, 0) is 6.18 Å². The van der Waals surface area contributed by atoms with Crippen molar-refractivity contribution >= 4 is 29.5 Å². The van der Waals surface area contributed by atoms with Gasteiger partial charge in [0.05, 0.1) is 33.6 Å². The van der Waals surface area contributed by atoms with E-state index in [0.717, 1.165) is 12.3 Å². The average Bonchev–Trinajstić information content (AvgIpc) is 3.31. The summed E-state index contributed by atoms with van der Waals surface area (Å²) in [6.07, 6.45) is -3.79. The Morgan fingerprint density at radius 2 is 1.84 bits per heavy atom. The van der Waals surface area contributed by atoms with Gasteiger partial charge in [0.25, 0.3) is 0 Å².